The van der Waals surface area contributed by atoms with Gasteiger partial charge in [-0.15, -0.1) is 12.4 Å². The van der Waals surface area contributed by atoms with Crippen LogP contribution in [0.3, 0.4) is 0 Å². The Hall–Kier alpha value is -2.37. The highest BCUT2D eigenvalue weighted by Crippen LogP contribution is 2.10. The van der Waals surface area contributed by atoms with Gasteiger partial charge in [-0.2, -0.15) is 0 Å². The minimum Gasteiger partial charge on any atom is -0.352 e. The lowest BCUT2D eigenvalue weighted by molar-refractivity contribution is -0.124. The lowest BCUT2D eigenvalue weighted by atomic mass is 10.0. The minimum absolute atomic E-state index is 0. The summed E-state index contributed by atoms with van der Waals surface area (Å²) in [7, 11) is 0. The van der Waals surface area contributed by atoms with E-state index in [0.717, 1.165) is 11.1 Å². The first-order valence-corrected chi connectivity index (χ1v) is 8.84. The molecule has 0 aliphatic heterocycles. The molecule has 2 amide bonds. The fraction of sp³-hybridized carbons (Fsp3) is 0.333. The number of rotatable bonds is 7. The van der Waals surface area contributed by atoms with Crippen LogP contribution in [-0.4, -0.2) is 24.4 Å². The molecule has 146 valence electrons. The SMILES string of the molecule is Cc1cccc(C(=O)NC(C(=O)NCC(N)c2ccccc2)C(C)C)c1.Cl. The van der Waals surface area contributed by atoms with E-state index >= 15 is 0 Å². The number of nitrogens with one attached hydrogen (secondary N) is 2. The highest BCUT2D eigenvalue weighted by molar-refractivity contribution is 5.97. The molecule has 2 rings (SSSR count). The number of amides is 2. The van der Waals surface area contributed by atoms with Crippen LogP contribution in [0.1, 0.15) is 41.4 Å². The second-order valence-electron chi connectivity index (χ2n) is 6.83. The van der Waals surface area contributed by atoms with E-state index in [9.17, 15) is 9.59 Å². The zero-order chi connectivity index (χ0) is 19.1. The summed E-state index contributed by atoms with van der Waals surface area (Å²) in [5.41, 5.74) is 8.63. The summed E-state index contributed by atoms with van der Waals surface area (Å²) in [6.07, 6.45) is 0. The van der Waals surface area contributed by atoms with Crippen molar-refractivity contribution in [1.82, 2.24) is 10.6 Å². The molecule has 2 aromatic rings. The molecule has 0 fully saturated rings. The summed E-state index contributed by atoms with van der Waals surface area (Å²) < 4.78 is 0. The van der Waals surface area contributed by atoms with E-state index in [4.69, 9.17) is 5.73 Å². The number of nitrogens with two attached hydrogens (primary N) is 1. The van der Waals surface area contributed by atoms with Crippen molar-refractivity contribution in [2.24, 2.45) is 11.7 Å². The summed E-state index contributed by atoms with van der Waals surface area (Å²) >= 11 is 0. The molecule has 2 aromatic carbocycles. The Morgan fingerprint density at radius 1 is 1.04 bits per heavy atom. The molecular formula is C21H28ClN3O2. The van der Waals surface area contributed by atoms with Gasteiger partial charge in [0.25, 0.3) is 5.91 Å². The maximum Gasteiger partial charge on any atom is 0.251 e. The Bertz CT molecular complexity index is 750. The van der Waals surface area contributed by atoms with Crippen molar-refractivity contribution in [3.63, 3.8) is 0 Å². The molecule has 27 heavy (non-hydrogen) atoms. The van der Waals surface area contributed by atoms with Gasteiger partial charge in [0.15, 0.2) is 0 Å². The quantitative estimate of drug-likeness (QED) is 0.680. The van der Waals surface area contributed by atoms with E-state index in [1.807, 2.05) is 63.2 Å². The first-order valence-electron chi connectivity index (χ1n) is 8.84. The van der Waals surface area contributed by atoms with E-state index in [0.29, 0.717) is 12.1 Å². The molecule has 0 spiro atoms. The van der Waals surface area contributed by atoms with Crippen LogP contribution >= 0.6 is 12.4 Å². The van der Waals surface area contributed by atoms with Crippen LogP contribution in [0.2, 0.25) is 0 Å². The highest BCUT2D eigenvalue weighted by atomic mass is 35.5. The van der Waals surface area contributed by atoms with Gasteiger partial charge < -0.3 is 16.4 Å². The van der Waals surface area contributed by atoms with Gasteiger partial charge in [-0.25, -0.2) is 0 Å². The van der Waals surface area contributed by atoms with Gasteiger partial charge in [-0.05, 0) is 30.5 Å². The molecule has 6 heteroatoms. The van der Waals surface area contributed by atoms with E-state index in [1.165, 1.54) is 0 Å². The fourth-order valence-electron chi connectivity index (χ4n) is 2.68. The van der Waals surface area contributed by atoms with Crippen molar-refractivity contribution in [3.8, 4) is 0 Å². The number of benzene rings is 2. The van der Waals surface area contributed by atoms with E-state index in [2.05, 4.69) is 10.6 Å². The summed E-state index contributed by atoms with van der Waals surface area (Å²) in [6.45, 7) is 6.04. The van der Waals surface area contributed by atoms with Crippen LogP contribution in [0.15, 0.2) is 54.6 Å². The number of aryl methyl sites for hydroxylation is 1. The van der Waals surface area contributed by atoms with Gasteiger partial charge in [-0.1, -0.05) is 61.9 Å². The Balaban J connectivity index is 0.00000364. The molecule has 0 heterocycles. The maximum absolute atomic E-state index is 12.6. The summed E-state index contributed by atoms with van der Waals surface area (Å²) in [6, 6.07) is 16.0. The summed E-state index contributed by atoms with van der Waals surface area (Å²) in [5, 5.41) is 5.68. The standard InChI is InChI=1S/C21H27N3O2.ClH/c1-14(2)19(24-20(25)17-11-7-8-15(3)12-17)21(26)23-13-18(22)16-9-5-4-6-10-16;/h4-12,14,18-19H,13,22H2,1-3H3,(H,23,26)(H,24,25);1H. The van der Waals surface area contributed by atoms with Gasteiger partial charge in [0, 0.05) is 18.2 Å². The van der Waals surface area contributed by atoms with Crippen molar-refractivity contribution >= 4 is 24.2 Å². The van der Waals surface area contributed by atoms with Gasteiger partial charge in [0.2, 0.25) is 5.91 Å². The molecule has 0 saturated carbocycles. The molecule has 0 aromatic heterocycles. The monoisotopic (exact) mass is 389 g/mol. The average molecular weight is 390 g/mol. The molecule has 0 aliphatic rings. The van der Waals surface area contributed by atoms with Crippen molar-refractivity contribution in [2.75, 3.05) is 6.54 Å². The number of hydrogen-bond donors (Lipinski definition) is 3. The molecule has 0 aliphatic carbocycles. The predicted octanol–water partition coefficient (Wildman–Crippen LogP) is 2.99. The van der Waals surface area contributed by atoms with Crippen LogP contribution < -0.4 is 16.4 Å². The van der Waals surface area contributed by atoms with Crippen LogP contribution in [0.4, 0.5) is 0 Å². The summed E-state index contributed by atoms with van der Waals surface area (Å²) in [5.74, 6) is -0.529. The maximum atomic E-state index is 12.6. The van der Waals surface area contributed by atoms with Gasteiger partial charge >= 0.3 is 0 Å². The number of carbonyl (C=O) groups excluding carboxylic acids is 2. The lowest BCUT2D eigenvalue weighted by Crippen LogP contribution is -2.50. The largest absolute Gasteiger partial charge is 0.352 e. The van der Waals surface area contributed by atoms with Crippen molar-refractivity contribution in [1.29, 1.82) is 0 Å². The zero-order valence-electron chi connectivity index (χ0n) is 15.9. The molecule has 0 bridgehead atoms. The van der Waals surface area contributed by atoms with E-state index in [1.54, 1.807) is 12.1 Å². The summed E-state index contributed by atoms with van der Waals surface area (Å²) in [4.78, 5) is 25.0. The number of halogens is 1. The third-order valence-electron chi connectivity index (χ3n) is 4.24. The molecule has 2 atom stereocenters. The fourth-order valence-corrected chi connectivity index (χ4v) is 2.68. The third kappa shape index (κ3) is 6.70. The third-order valence-corrected chi connectivity index (χ3v) is 4.24. The molecule has 0 saturated heterocycles. The topological polar surface area (TPSA) is 84.2 Å². The molecule has 4 N–H and O–H groups in total. The van der Waals surface area contributed by atoms with Crippen molar-refractivity contribution in [2.45, 2.75) is 32.9 Å². The molecule has 5 nitrogen and oxygen atoms in total. The minimum atomic E-state index is -0.619. The predicted molar refractivity (Wildman–Crippen MR) is 111 cm³/mol. The Labute approximate surface area is 167 Å². The molecular weight excluding hydrogens is 362 g/mol. The molecule has 2 unspecified atom stereocenters. The van der Waals surface area contributed by atoms with Crippen LogP contribution in [0, 0.1) is 12.8 Å². The Kier molecular flexibility index (Phi) is 8.98. The Morgan fingerprint density at radius 2 is 1.70 bits per heavy atom. The van der Waals surface area contributed by atoms with Gasteiger partial charge in [0.05, 0.1) is 0 Å². The van der Waals surface area contributed by atoms with Gasteiger partial charge in [0.1, 0.15) is 6.04 Å². The van der Waals surface area contributed by atoms with Crippen molar-refractivity contribution in [3.05, 3.63) is 71.3 Å². The zero-order valence-corrected chi connectivity index (χ0v) is 16.8. The van der Waals surface area contributed by atoms with Crippen LogP contribution in [0.25, 0.3) is 0 Å². The van der Waals surface area contributed by atoms with E-state index < -0.39 is 6.04 Å². The second-order valence-corrected chi connectivity index (χ2v) is 6.83. The number of hydrogen-bond acceptors (Lipinski definition) is 3. The Morgan fingerprint density at radius 3 is 2.30 bits per heavy atom. The van der Waals surface area contributed by atoms with Gasteiger partial charge in [-0.3, -0.25) is 9.59 Å². The first kappa shape index (κ1) is 22.7. The van der Waals surface area contributed by atoms with E-state index in [-0.39, 0.29) is 36.2 Å². The lowest BCUT2D eigenvalue weighted by Gasteiger charge is -2.23. The second kappa shape index (κ2) is 10.7. The normalized spacial score (nSPS) is 12.6. The van der Waals surface area contributed by atoms with Crippen LogP contribution in [-0.2, 0) is 4.79 Å². The molecule has 0 radical (unpaired) electrons. The number of carbonyl (C=O) groups is 2. The van der Waals surface area contributed by atoms with Crippen LogP contribution in [0.5, 0.6) is 0 Å². The highest BCUT2D eigenvalue weighted by Gasteiger charge is 2.25. The van der Waals surface area contributed by atoms with Crippen molar-refractivity contribution < 1.29 is 9.59 Å². The smallest absolute Gasteiger partial charge is 0.251 e. The first-order chi connectivity index (χ1) is 12.4. The average Bonchev–Trinajstić information content (AvgIpc) is 2.64.